The number of carbonyl (C=O) groups excluding carboxylic acids is 2. The summed E-state index contributed by atoms with van der Waals surface area (Å²) in [6.45, 7) is 0.259. The van der Waals surface area contributed by atoms with Gasteiger partial charge in [0, 0.05) is 17.9 Å². The highest BCUT2D eigenvalue weighted by molar-refractivity contribution is 8.04. The van der Waals surface area contributed by atoms with Crippen LogP contribution in [0.15, 0.2) is 10.8 Å². The van der Waals surface area contributed by atoms with Gasteiger partial charge in [0.25, 0.3) is 0 Å². The zero-order valence-corrected chi connectivity index (χ0v) is 11.8. The Hall–Kier alpha value is -1.74. The molecule has 3 aliphatic rings. The lowest BCUT2D eigenvalue weighted by Crippen LogP contribution is -2.58. The molecule has 3 N–H and O–H groups in total. The highest BCUT2D eigenvalue weighted by Crippen LogP contribution is 2.51. The molecule has 3 aliphatic heterocycles. The number of amides is 2. The third kappa shape index (κ3) is 2.36. The van der Waals surface area contributed by atoms with Crippen LogP contribution >= 0.6 is 11.8 Å². The Kier molecular flexibility index (Phi) is 3.54. The maximum absolute atomic E-state index is 11.9. The van der Waals surface area contributed by atoms with Gasteiger partial charge in [-0.2, -0.15) is 0 Å². The molecular weight excluding hydrogens is 300 g/mol. The number of nitrogens with zero attached hydrogens (tertiary/aromatic N) is 1. The number of aliphatic hydroxyl groups excluding tert-OH is 1. The maximum atomic E-state index is 11.9. The van der Waals surface area contributed by atoms with Crippen molar-refractivity contribution in [2.75, 3.05) is 13.2 Å². The molecule has 0 bridgehead atoms. The Bertz CT molecular complexity index is 548. The molecule has 0 aromatic heterocycles. The molecule has 114 valence electrons. The molecule has 0 saturated carbocycles. The van der Waals surface area contributed by atoms with E-state index >= 15 is 0 Å². The zero-order chi connectivity index (χ0) is 15.1. The number of allylic oxidation sites excluding steroid dienone is 1. The molecule has 8 nitrogen and oxygen atoms in total. The van der Waals surface area contributed by atoms with Crippen LogP contribution in [0, 0.1) is 11.8 Å². The molecule has 2 amide bonds. The van der Waals surface area contributed by atoms with Gasteiger partial charge in [-0.15, -0.1) is 0 Å². The summed E-state index contributed by atoms with van der Waals surface area (Å²) in [5.74, 6) is -0.790. The van der Waals surface area contributed by atoms with Crippen LogP contribution in [0.2, 0.25) is 0 Å². The van der Waals surface area contributed by atoms with Crippen LogP contribution in [0.4, 0.5) is 4.79 Å². The number of carboxylic acid groups (broad SMARTS) is 1. The first-order valence-electron chi connectivity index (χ1n) is 6.52. The molecule has 3 rings (SSSR count). The Morgan fingerprint density at radius 2 is 2.24 bits per heavy atom. The number of fused-ring (bicyclic) bond motifs is 1. The van der Waals surface area contributed by atoms with Crippen LogP contribution in [-0.2, 0) is 14.3 Å². The molecule has 0 unspecified atom stereocenters. The minimum atomic E-state index is -1.48. The second kappa shape index (κ2) is 5.23. The van der Waals surface area contributed by atoms with Crippen LogP contribution < -0.4 is 5.32 Å². The smallest absolute Gasteiger partial charge is 0.449 e. The van der Waals surface area contributed by atoms with Crippen LogP contribution in [0.3, 0.4) is 0 Å². The summed E-state index contributed by atoms with van der Waals surface area (Å²) in [5.41, 5.74) is 0. The average molecular weight is 314 g/mol. The van der Waals surface area contributed by atoms with Gasteiger partial charge in [-0.1, -0.05) is 11.8 Å². The SMILES string of the molecule is O=C1C[C@@H](CC2=C(OC(=O)O)N3C(=O)[C@H](CO)[C@H]3S2)CN1. The summed E-state index contributed by atoms with van der Waals surface area (Å²) in [4.78, 5) is 35.8. The van der Waals surface area contributed by atoms with Gasteiger partial charge < -0.3 is 20.3 Å². The minimum absolute atomic E-state index is 0.0307. The van der Waals surface area contributed by atoms with Gasteiger partial charge in [0.2, 0.25) is 17.7 Å². The van der Waals surface area contributed by atoms with E-state index in [2.05, 4.69) is 5.32 Å². The fourth-order valence-corrected chi connectivity index (χ4v) is 4.30. The van der Waals surface area contributed by atoms with E-state index in [9.17, 15) is 19.5 Å². The fourth-order valence-electron chi connectivity index (χ4n) is 2.77. The summed E-state index contributed by atoms with van der Waals surface area (Å²) in [5, 5.41) is 20.4. The van der Waals surface area contributed by atoms with Crippen molar-refractivity contribution in [3.8, 4) is 0 Å². The van der Waals surface area contributed by atoms with Crippen molar-refractivity contribution >= 4 is 29.7 Å². The topological polar surface area (TPSA) is 116 Å². The second-order valence-electron chi connectivity index (χ2n) is 5.18. The number of β-lactam (4-membered cyclic amide) rings is 1. The molecular formula is C12H14N2O6S. The van der Waals surface area contributed by atoms with Crippen LogP contribution in [-0.4, -0.2) is 51.6 Å². The first kappa shape index (κ1) is 14.2. The quantitative estimate of drug-likeness (QED) is 0.490. The molecule has 21 heavy (non-hydrogen) atoms. The number of carbonyl (C=O) groups is 3. The van der Waals surface area contributed by atoms with E-state index in [0.717, 1.165) is 0 Å². The molecule has 0 aromatic carbocycles. The third-order valence-electron chi connectivity index (χ3n) is 3.79. The lowest BCUT2D eigenvalue weighted by atomic mass is 9.99. The Labute approximate surface area is 124 Å². The van der Waals surface area contributed by atoms with Gasteiger partial charge >= 0.3 is 6.16 Å². The molecule has 9 heteroatoms. The van der Waals surface area contributed by atoms with Gasteiger partial charge in [0.15, 0.2) is 0 Å². The number of thioether (sulfide) groups is 1. The highest BCUT2D eigenvalue weighted by Gasteiger charge is 2.55. The molecule has 2 fully saturated rings. The summed E-state index contributed by atoms with van der Waals surface area (Å²) in [7, 11) is 0. The van der Waals surface area contributed by atoms with Crippen molar-refractivity contribution in [1.82, 2.24) is 10.2 Å². The first-order valence-corrected chi connectivity index (χ1v) is 7.40. The van der Waals surface area contributed by atoms with Crippen LogP contribution in [0.5, 0.6) is 0 Å². The Morgan fingerprint density at radius 1 is 1.48 bits per heavy atom. The van der Waals surface area contributed by atoms with Gasteiger partial charge in [0.1, 0.15) is 5.37 Å². The Balaban J connectivity index is 1.78. The van der Waals surface area contributed by atoms with Crippen molar-refractivity contribution < 1.29 is 29.3 Å². The van der Waals surface area contributed by atoms with E-state index < -0.39 is 12.1 Å². The standard InChI is InChI=1S/C12H14N2O6S/c15-4-6-9(17)14-10(20-12(18)19)7(21-11(6)14)1-5-2-8(16)13-3-5/h5-6,11,15H,1-4H2,(H,13,16)(H,18,19)/t5-,6+,11-/m1/s1. The lowest BCUT2D eigenvalue weighted by Gasteiger charge is -2.40. The van der Waals surface area contributed by atoms with Gasteiger partial charge in [-0.3, -0.25) is 14.5 Å². The van der Waals surface area contributed by atoms with Crippen molar-refractivity contribution in [1.29, 1.82) is 0 Å². The number of aliphatic hydroxyl groups is 1. The van der Waals surface area contributed by atoms with E-state index in [4.69, 9.17) is 9.84 Å². The number of ether oxygens (including phenoxy) is 1. The minimum Gasteiger partial charge on any atom is -0.449 e. The zero-order valence-electron chi connectivity index (χ0n) is 10.9. The average Bonchev–Trinajstić information content (AvgIpc) is 2.93. The second-order valence-corrected chi connectivity index (χ2v) is 6.39. The normalized spacial score (nSPS) is 31.1. The number of hydrogen-bond acceptors (Lipinski definition) is 6. The largest absolute Gasteiger partial charge is 0.512 e. The van der Waals surface area contributed by atoms with Gasteiger partial charge in [-0.05, 0) is 12.3 Å². The first-order chi connectivity index (χ1) is 10.0. The fraction of sp³-hybridized carbons (Fsp3) is 0.583. The van der Waals surface area contributed by atoms with E-state index in [1.54, 1.807) is 0 Å². The van der Waals surface area contributed by atoms with E-state index in [-0.39, 0.29) is 35.6 Å². The van der Waals surface area contributed by atoms with Crippen molar-refractivity contribution in [3.05, 3.63) is 10.8 Å². The van der Waals surface area contributed by atoms with Crippen molar-refractivity contribution in [2.45, 2.75) is 18.2 Å². The molecule has 3 atom stereocenters. The third-order valence-corrected chi connectivity index (χ3v) is 5.20. The lowest BCUT2D eigenvalue weighted by molar-refractivity contribution is -0.151. The number of nitrogens with one attached hydrogen (secondary N) is 1. The predicted molar refractivity (Wildman–Crippen MR) is 70.7 cm³/mol. The highest BCUT2D eigenvalue weighted by atomic mass is 32.2. The van der Waals surface area contributed by atoms with E-state index in [1.807, 2.05) is 0 Å². The van der Waals surface area contributed by atoms with Gasteiger partial charge in [0.05, 0.1) is 12.5 Å². The van der Waals surface area contributed by atoms with Crippen molar-refractivity contribution in [3.63, 3.8) is 0 Å². The summed E-state index contributed by atoms with van der Waals surface area (Å²) in [6, 6.07) is 0. The molecule has 0 aliphatic carbocycles. The molecule has 0 aromatic rings. The molecule has 0 radical (unpaired) electrons. The predicted octanol–water partition coefficient (Wildman–Crippen LogP) is -0.100. The molecule has 3 heterocycles. The molecule has 2 saturated heterocycles. The number of rotatable bonds is 4. The summed E-state index contributed by atoms with van der Waals surface area (Å²) < 4.78 is 4.75. The van der Waals surface area contributed by atoms with E-state index in [1.165, 1.54) is 16.7 Å². The molecule has 0 spiro atoms. The van der Waals surface area contributed by atoms with E-state index in [0.29, 0.717) is 24.3 Å². The van der Waals surface area contributed by atoms with Crippen LogP contribution in [0.1, 0.15) is 12.8 Å². The number of hydrogen-bond donors (Lipinski definition) is 3. The monoisotopic (exact) mass is 314 g/mol. The van der Waals surface area contributed by atoms with Gasteiger partial charge in [-0.25, -0.2) is 4.79 Å². The Morgan fingerprint density at radius 3 is 2.81 bits per heavy atom. The summed E-state index contributed by atoms with van der Waals surface area (Å²) >= 11 is 1.33. The summed E-state index contributed by atoms with van der Waals surface area (Å²) in [6.07, 6.45) is -0.624. The maximum Gasteiger partial charge on any atom is 0.512 e. The van der Waals surface area contributed by atoms with Crippen LogP contribution in [0.25, 0.3) is 0 Å². The van der Waals surface area contributed by atoms with Crippen molar-refractivity contribution in [2.24, 2.45) is 11.8 Å².